The summed E-state index contributed by atoms with van der Waals surface area (Å²) in [6.45, 7) is 4.82. The van der Waals surface area contributed by atoms with Crippen molar-refractivity contribution in [2.45, 2.75) is 31.8 Å². The van der Waals surface area contributed by atoms with Gasteiger partial charge in [0.05, 0.1) is 0 Å². The number of likely N-dealkylation sites (N-methyl/N-ethyl adjacent to an activating group) is 1. The fourth-order valence-electron chi connectivity index (χ4n) is 2.07. The lowest BCUT2D eigenvalue weighted by atomic mass is 10.2. The molecule has 1 unspecified atom stereocenters. The maximum Gasteiger partial charge on any atom is 0.242 e. The number of nitrogens with zero attached hydrogens (tertiary/aromatic N) is 1. The van der Waals surface area contributed by atoms with Crippen LogP contribution in [0.2, 0.25) is 0 Å². The third-order valence-corrected chi connectivity index (χ3v) is 4.26. The van der Waals surface area contributed by atoms with Gasteiger partial charge in [0.15, 0.2) is 0 Å². The smallest absolute Gasteiger partial charge is 0.242 e. The van der Waals surface area contributed by atoms with Gasteiger partial charge >= 0.3 is 0 Å². The van der Waals surface area contributed by atoms with Gasteiger partial charge in [-0.2, -0.15) is 0 Å². The van der Waals surface area contributed by atoms with Gasteiger partial charge in [0.25, 0.3) is 0 Å². The van der Waals surface area contributed by atoms with E-state index in [0.717, 1.165) is 24.0 Å². The van der Waals surface area contributed by atoms with E-state index in [4.69, 9.17) is 5.73 Å². The van der Waals surface area contributed by atoms with Gasteiger partial charge in [-0.05, 0) is 30.8 Å². The molecular formula is C13H21N3OS. The number of carbonyl (C=O) groups excluding carboxylic acids is 1. The Bertz CT molecular complexity index is 376. The van der Waals surface area contributed by atoms with Crippen LogP contribution in [0, 0.1) is 0 Å². The van der Waals surface area contributed by atoms with E-state index in [1.165, 1.54) is 24.2 Å². The fraction of sp³-hybridized carbons (Fsp3) is 0.615. The van der Waals surface area contributed by atoms with Gasteiger partial charge in [-0.15, -0.1) is 11.3 Å². The number of nitrogens with one attached hydrogen (secondary N) is 1. The Balaban J connectivity index is 1.71. The molecule has 100 valence electrons. The zero-order valence-corrected chi connectivity index (χ0v) is 11.6. The first-order valence-corrected chi connectivity index (χ1v) is 7.41. The van der Waals surface area contributed by atoms with Crippen molar-refractivity contribution in [2.75, 3.05) is 19.6 Å². The molecule has 1 aliphatic rings. The van der Waals surface area contributed by atoms with Crippen molar-refractivity contribution in [2.24, 2.45) is 5.73 Å². The highest BCUT2D eigenvalue weighted by Crippen LogP contribution is 2.25. The Labute approximate surface area is 112 Å². The molecule has 1 fully saturated rings. The largest absolute Gasteiger partial charge is 0.353 e. The van der Waals surface area contributed by atoms with Gasteiger partial charge in [0, 0.05) is 24.0 Å². The average molecular weight is 267 g/mol. The number of rotatable bonds is 7. The van der Waals surface area contributed by atoms with E-state index in [2.05, 4.69) is 17.1 Å². The molecular weight excluding hydrogens is 246 g/mol. The van der Waals surface area contributed by atoms with E-state index < -0.39 is 6.04 Å². The van der Waals surface area contributed by atoms with Gasteiger partial charge in [0.1, 0.15) is 6.04 Å². The Kier molecular flexibility index (Phi) is 4.74. The summed E-state index contributed by atoms with van der Waals surface area (Å²) in [5, 5.41) is 4.86. The summed E-state index contributed by atoms with van der Waals surface area (Å²) >= 11 is 1.52. The number of hydrogen-bond acceptors (Lipinski definition) is 4. The Hall–Kier alpha value is -0.910. The number of nitrogens with two attached hydrogens (primary N) is 1. The molecule has 0 aromatic carbocycles. The van der Waals surface area contributed by atoms with Crippen LogP contribution in [0.15, 0.2) is 17.5 Å². The predicted molar refractivity (Wildman–Crippen MR) is 74.5 cm³/mol. The number of hydrogen-bond donors (Lipinski definition) is 2. The van der Waals surface area contributed by atoms with Crippen LogP contribution >= 0.6 is 11.3 Å². The first-order valence-electron chi connectivity index (χ1n) is 6.53. The van der Waals surface area contributed by atoms with Gasteiger partial charge in [-0.1, -0.05) is 13.0 Å². The highest BCUT2D eigenvalue weighted by Gasteiger charge is 2.27. The lowest BCUT2D eigenvalue weighted by Crippen LogP contribution is -2.39. The quantitative estimate of drug-likeness (QED) is 0.784. The molecule has 3 N–H and O–H groups in total. The predicted octanol–water partition coefficient (Wildman–Crippen LogP) is 1.35. The fourth-order valence-corrected chi connectivity index (χ4v) is 2.79. The van der Waals surface area contributed by atoms with Crippen LogP contribution in [-0.2, 0) is 4.79 Å². The number of thiophene rings is 1. The van der Waals surface area contributed by atoms with E-state index in [1.54, 1.807) is 0 Å². The summed E-state index contributed by atoms with van der Waals surface area (Å²) < 4.78 is 0. The van der Waals surface area contributed by atoms with E-state index >= 15 is 0 Å². The molecule has 1 aliphatic carbocycles. The zero-order valence-electron chi connectivity index (χ0n) is 10.8. The van der Waals surface area contributed by atoms with Crippen LogP contribution in [0.1, 0.15) is 30.7 Å². The van der Waals surface area contributed by atoms with Gasteiger partial charge < -0.3 is 11.1 Å². The second-order valence-electron chi connectivity index (χ2n) is 4.64. The second kappa shape index (κ2) is 6.31. The van der Waals surface area contributed by atoms with E-state index in [9.17, 15) is 4.79 Å². The van der Waals surface area contributed by atoms with Crippen molar-refractivity contribution in [3.05, 3.63) is 22.4 Å². The molecule has 0 saturated heterocycles. The molecule has 0 bridgehead atoms. The van der Waals surface area contributed by atoms with Crippen LogP contribution in [0.3, 0.4) is 0 Å². The van der Waals surface area contributed by atoms with Crippen molar-refractivity contribution in [1.29, 1.82) is 0 Å². The molecule has 1 amide bonds. The molecule has 18 heavy (non-hydrogen) atoms. The van der Waals surface area contributed by atoms with Crippen LogP contribution in [0.4, 0.5) is 0 Å². The van der Waals surface area contributed by atoms with Crippen molar-refractivity contribution in [3.63, 3.8) is 0 Å². The van der Waals surface area contributed by atoms with Crippen LogP contribution < -0.4 is 11.1 Å². The lowest BCUT2D eigenvalue weighted by Gasteiger charge is -2.20. The minimum atomic E-state index is -0.527. The minimum Gasteiger partial charge on any atom is -0.353 e. The van der Waals surface area contributed by atoms with Crippen molar-refractivity contribution < 1.29 is 4.79 Å². The molecule has 1 aromatic heterocycles. The van der Waals surface area contributed by atoms with E-state index in [0.29, 0.717) is 6.54 Å². The summed E-state index contributed by atoms with van der Waals surface area (Å²) in [6.07, 6.45) is 2.60. The highest BCUT2D eigenvalue weighted by atomic mass is 32.1. The van der Waals surface area contributed by atoms with Crippen molar-refractivity contribution >= 4 is 17.2 Å². The summed E-state index contributed by atoms with van der Waals surface area (Å²) in [5.41, 5.74) is 5.89. The molecule has 1 saturated carbocycles. The Morgan fingerprint density at radius 2 is 2.44 bits per heavy atom. The molecule has 1 aromatic rings. The first-order chi connectivity index (χ1) is 8.72. The monoisotopic (exact) mass is 267 g/mol. The maximum atomic E-state index is 11.8. The minimum absolute atomic E-state index is 0.0794. The summed E-state index contributed by atoms with van der Waals surface area (Å²) in [7, 11) is 0. The van der Waals surface area contributed by atoms with Crippen LogP contribution in [0.5, 0.6) is 0 Å². The zero-order chi connectivity index (χ0) is 13.0. The van der Waals surface area contributed by atoms with Crippen molar-refractivity contribution in [1.82, 2.24) is 10.2 Å². The van der Waals surface area contributed by atoms with Gasteiger partial charge in [-0.25, -0.2) is 0 Å². The molecule has 0 spiro atoms. The molecule has 1 heterocycles. The molecule has 5 heteroatoms. The van der Waals surface area contributed by atoms with Crippen molar-refractivity contribution in [3.8, 4) is 0 Å². The Morgan fingerprint density at radius 3 is 3.00 bits per heavy atom. The average Bonchev–Trinajstić information content (AvgIpc) is 3.07. The maximum absolute atomic E-state index is 11.8. The second-order valence-corrected chi connectivity index (χ2v) is 5.62. The molecule has 0 radical (unpaired) electrons. The highest BCUT2D eigenvalue weighted by molar-refractivity contribution is 7.10. The first kappa shape index (κ1) is 13.5. The third-order valence-electron chi connectivity index (χ3n) is 3.30. The van der Waals surface area contributed by atoms with Crippen LogP contribution in [-0.4, -0.2) is 36.5 Å². The normalized spacial score (nSPS) is 16.8. The van der Waals surface area contributed by atoms with E-state index in [-0.39, 0.29) is 5.91 Å². The third kappa shape index (κ3) is 3.54. The van der Waals surface area contributed by atoms with E-state index in [1.807, 2.05) is 17.5 Å². The molecule has 1 atom stereocenters. The van der Waals surface area contributed by atoms with Crippen LogP contribution in [0.25, 0.3) is 0 Å². The Morgan fingerprint density at radius 1 is 1.67 bits per heavy atom. The van der Waals surface area contributed by atoms with Gasteiger partial charge in [-0.3, -0.25) is 9.69 Å². The SMILES string of the molecule is CCN(CCNC(=O)C(N)c1cccs1)C1CC1. The topological polar surface area (TPSA) is 58.4 Å². The van der Waals surface area contributed by atoms with Gasteiger partial charge in [0.2, 0.25) is 5.91 Å². The summed E-state index contributed by atoms with van der Waals surface area (Å²) in [5.74, 6) is -0.0794. The summed E-state index contributed by atoms with van der Waals surface area (Å²) in [4.78, 5) is 15.2. The molecule has 0 aliphatic heterocycles. The molecule has 4 nitrogen and oxygen atoms in total. The summed E-state index contributed by atoms with van der Waals surface area (Å²) in [6, 6.07) is 4.04. The lowest BCUT2D eigenvalue weighted by molar-refractivity contribution is -0.122. The standard InChI is InChI=1S/C13H21N3OS/c1-2-16(10-5-6-10)8-7-15-13(17)12(14)11-4-3-9-18-11/h3-4,9-10,12H,2,5-8,14H2,1H3,(H,15,17). The number of amides is 1. The number of carbonyl (C=O) groups is 1. The molecule has 2 rings (SSSR count).